The Hall–Kier alpha value is -2.49. The lowest BCUT2D eigenvalue weighted by Gasteiger charge is -2.22. The highest BCUT2D eigenvalue weighted by Crippen LogP contribution is 2.27. The molecule has 0 atom stereocenters. The summed E-state index contributed by atoms with van der Waals surface area (Å²) in [5.74, 6) is 0.881. The maximum atomic E-state index is 12.5. The first-order chi connectivity index (χ1) is 12.2. The number of benzene rings is 2. The molecule has 3 rings (SSSR count). The van der Waals surface area contributed by atoms with Gasteiger partial charge in [-0.05, 0) is 48.9 Å². The van der Waals surface area contributed by atoms with Crippen molar-refractivity contribution in [1.82, 2.24) is 4.90 Å². The number of anilines is 1. The summed E-state index contributed by atoms with van der Waals surface area (Å²) >= 11 is 0. The van der Waals surface area contributed by atoms with Gasteiger partial charge in [0.2, 0.25) is 5.91 Å². The molecule has 1 amide bonds. The van der Waals surface area contributed by atoms with E-state index in [2.05, 4.69) is 23.5 Å². The standard InChI is InChI=1S/C21H26N2O2/c1-23(15-17-9-4-6-13-20(17)25-2)21(24)14-22-19-12-7-10-16-8-3-5-11-18(16)19/h4,6-7,9-10,12-13,22H,3,5,8,11,14-15H2,1-2H3. The number of aryl methyl sites for hydroxylation is 1. The molecule has 132 valence electrons. The third kappa shape index (κ3) is 4.13. The molecule has 0 aromatic heterocycles. The van der Waals surface area contributed by atoms with E-state index < -0.39 is 0 Å². The van der Waals surface area contributed by atoms with E-state index >= 15 is 0 Å². The van der Waals surface area contributed by atoms with Crippen molar-refractivity contribution in [3.63, 3.8) is 0 Å². The van der Waals surface area contributed by atoms with Gasteiger partial charge in [-0.25, -0.2) is 0 Å². The fourth-order valence-corrected chi connectivity index (χ4v) is 3.43. The summed E-state index contributed by atoms with van der Waals surface area (Å²) in [5, 5.41) is 3.35. The molecule has 0 saturated carbocycles. The van der Waals surface area contributed by atoms with E-state index in [1.165, 1.54) is 24.0 Å². The molecule has 25 heavy (non-hydrogen) atoms. The van der Waals surface area contributed by atoms with Gasteiger partial charge in [0.15, 0.2) is 0 Å². The van der Waals surface area contributed by atoms with Crippen LogP contribution in [-0.4, -0.2) is 31.5 Å². The smallest absolute Gasteiger partial charge is 0.241 e. The Labute approximate surface area is 149 Å². The molecule has 1 aliphatic carbocycles. The summed E-state index contributed by atoms with van der Waals surface area (Å²) in [6, 6.07) is 14.2. The summed E-state index contributed by atoms with van der Waals surface area (Å²) in [7, 11) is 3.48. The molecular formula is C21H26N2O2. The van der Waals surface area contributed by atoms with Gasteiger partial charge in [0.25, 0.3) is 0 Å². The highest BCUT2D eigenvalue weighted by Gasteiger charge is 2.15. The first-order valence-corrected chi connectivity index (χ1v) is 8.89. The molecule has 0 fully saturated rings. The molecular weight excluding hydrogens is 312 g/mol. The molecule has 2 aromatic carbocycles. The van der Waals surface area contributed by atoms with Crippen molar-refractivity contribution in [3.8, 4) is 5.75 Å². The summed E-state index contributed by atoms with van der Waals surface area (Å²) in [4.78, 5) is 14.2. The zero-order chi connectivity index (χ0) is 17.6. The van der Waals surface area contributed by atoms with Gasteiger partial charge in [-0.15, -0.1) is 0 Å². The molecule has 0 aliphatic heterocycles. The average Bonchev–Trinajstić information content (AvgIpc) is 2.66. The second-order valence-electron chi connectivity index (χ2n) is 6.57. The van der Waals surface area contributed by atoms with Crippen LogP contribution in [0.1, 0.15) is 29.5 Å². The summed E-state index contributed by atoms with van der Waals surface area (Å²) in [6.45, 7) is 0.847. The minimum Gasteiger partial charge on any atom is -0.496 e. The van der Waals surface area contributed by atoms with E-state index in [4.69, 9.17) is 4.74 Å². The molecule has 0 bridgehead atoms. The second kappa shape index (κ2) is 8.06. The molecule has 0 heterocycles. The Morgan fingerprint density at radius 3 is 2.76 bits per heavy atom. The number of rotatable bonds is 6. The van der Waals surface area contributed by atoms with E-state index in [0.717, 1.165) is 29.8 Å². The van der Waals surface area contributed by atoms with Crippen LogP contribution in [0.2, 0.25) is 0 Å². The van der Waals surface area contributed by atoms with E-state index in [1.54, 1.807) is 12.0 Å². The van der Waals surface area contributed by atoms with Gasteiger partial charge in [-0.3, -0.25) is 4.79 Å². The Balaban J connectivity index is 1.61. The van der Waals surface area contributed by atoms with Crippen LogP contribution in [0.25, 0.3) is 0 Å². The molecule has 0 saturated heterocycles. The average molecular weight is 338 g/mol. The molecule has 4 heteroatoms. The maximum absolute atomic E-state index is 12.5. The van der Waals surface area contributed by atoms with Gasteiger partial charge in [0, 0.05) is 24.8 Å². The van der Waals surface area contributed by atoms with Crippen molar-refractivity contribution in [2.24, 2.45) is 0 Å². The first-order valence-electron chi connectivity index (χ1n) is 8.89. The molecule has 0 unspecified atom stereocenters. The Morgan fingerprint density at radius 2 is 1.92 bits per heavy atom. The van der Waals surface area contributed by atoms with Crippen LogP contribution in [0.5, 0.6) is 5.75 Å². The van der Waals surface area contributed by atoms with E-state index in [-0.39, 0.29) is 5.91 Å². The highest BCUT2D eigenvalue weighted by molar-refractivity contribution is 5.81. The molecule has 2 aromatic rings. The number of hydrogen-bond donors (Lipinski definition) is 1. The van der Waals surface area contributed by atoms with Gasteiger partial charge in [-0.2, -0.15) is 0 Å². The van der Waals surface area contributed by atoms with E-state index in [1.807, 2.05) is 31.3 Å². The van der Waals surface area contributed by atoms with Crippen LogP contribution < -0.4 is 10.1 Å². The van der Waals surface area contributed by atoms with Crippen molar-refractivity contribution >= 4 is 11.6 Å². The molecule has 0 radical (unpaired) electrons. The number of nitrogens with zero attached hydrogens (tertiary/aromatic N) is 1. The molecule has 1 N–H and O–H groups in total. The normalized spacial score (nSPS) is 13.0. The van der Waals surface area contributed by atoms with Crippen molar-refractivity contribution < 1.29 is 9.53 Å². The number of para-hydroxylation sites is 1. The van der Waals surface area contributed by atoms with Gasteiger partial charge >= 0.3 is 0 Å². The Morgan fingerprint density at radius 1 is 1.12 bits per heavy atom. The minimum absolute atomic E-state index is 0.0688. The monoisotopic (exact) mass is 338 g/mol. The van der Waals surface area contributed by atoms with Gasteiger partial charge < -0.3 is 15.0 Å². The maximum Gasteiger partial charge on any atom is 0.241 e. The van der Waals surface area contributed by atoms with Crippen molar-refractivity contribution in [2.75, 3.05) is 26.0 Å². The number of ether oxygens (including phenoxy) is 1. The van der Waals surface area contributed by atoms with Crippen molar-refractivity contribution in [1.29, 1.82) is 0 Å². The number of likely N-dealkylation sites (N-methyl/N-ethyl adjacent to an activating group) is 1. The van der Waals surface area contributed by atoms with Gasteiger partial charge in [0.1, 0.15) is 5.75 Å². The SMILES string of the molecule is COc1ccccc1CN(C)C(=O)CNc1cccc2c1CCCC2. The number of methoxy groups -OCH3 is 1. The summed E-state index contributed by atoms with van der Waals surface area (Å²) < 4.78 is 5.36. The minimum atomic E-state index is 0.0688. The molecule has 4 nitrogen and oxygen atoms in total. The van der Waals surface area contributed by atoms with Crippen LogP contribution in [0, 0.1) is 0 Å². The third-order valence-electron chi connectivity index (χ3n) is 4.85. The highest BCUT2D eigenvalue weighted by atomic mass is 16.5. The number of fused-ring (bicyclic) bond motifs is 1. The molecule has 1 aliphatic rings. The fourth-order valence-electron chi connectivity index (χ4n) is 3.43. The predicted octanol–water partition coefficient (Wildman–Crippen LogP) is 3.64. The second-order valence-corrected chi connectivity index (χ2v) is 6.57. The van der Waals surface area contributed by atoms with Crippen LogP contribution in [0.4, 0.5) is 5.69 Å². The van der Waals surface area contributed by atoms with Crippen LogP contribution in [-0.2, 0) is 24.2 Å². The number of hydrogen-bond acceptors (Lipinski definition) is 3. The van der Waals surface area contributed by atoms with Crippen LogP contribution in [0.3, 0.4) is 0 Å². The lowest BCUT2D eigenvalue weighted by molar-refractivity contribution is -0.128. The topological polar surface area (TPSA) is 41.6 Å². The van der Waals surface area contributed by atoms with Crippen molar-refractivity contribution in [3.05, 3.63) is 59.2 Å². The number of carbonyl (C=O) groups is 1. The third-order valence-corrected chi connectivity index (χ3v) is 4.85. The number of carbonyl (C=O) groups excluding carboxylic acids is 1. The first kappa shape index (κ1) is 17.3. The Kier molecular flexibility index (Phi) is 5.59. The zero-order valence-electron chi connectivity index (χ0n) is 15.0. The van der Waals surface area contributed by atoms with Crippen molar-refractivity contribution in [2.45, 2.75) is 32.2 Å². The molecule has 0 spiro atoms. The number of nitrogens with one attached hydrogen (secondary N) is 1. The quantitative estimate of drug-likeness (QED) is 0.874. The largest absolute Gasteiger partial charge is 0.496 e. The van der Waals surface area contributed by atoms with E-state index in [0.29, 0.717) is 13.1 Å². The summed E-state index contributed by atoms with van der Waals surface area (Å²) in [5.41, 5.74) is 4.93. The van der Waals surface area contributed by atoms with Crippen LogP contribution in [0.15, 0.2) is 42.5 Å². The fraction of sp³-hybridized carbons (Fsp3) is 0.381. The predicted molar refractivity (Wildman–Crippen MR) is 101 cm³/mol. The van der Waals surface area contributed by atoms with Gasteiger partial charge in [-0.1, -0.05) is 30.3 Å². The summed E-state index contributed by atoms with van der Waals surface area (Å²) in [6.07, 6.45) is 4.74. The number of amides is 1. The zero-order valence-corrected chi connectivity index (χ0v) is 15.0. The van der Waals surface area contributed by atoms with Gasteiger partial charge in [0.05, 0.1) is 13.7 Å². The van der Waals surface area contributed by atoms with Crippen LogP contribution >= 0.6 is 0 Å². The van der Waals surface area contributed by atoms with E-state index in [9.17, 15) is 4.79 Å². The lowest BCUT2D eigenvalue weighted by Crippen LogP contribution is -2.32. The lowest BCUT2D eigenvalue weighted by atomic mass is 9.90. The Bertz CT molecular complexity index is 742.